The van der Waals surface area contributed by atoms with E-state index in [1.165, 1.54) is 57.9 Å². The van der Waals surface area contributed by atoms with E-state index in [1.54, 1.807) is 0 Å². The van der Waals surface area contributed by atoms with E-state index in [0.29, 0.717) is 18.0 Å². The molecule has 0 amide bonds. The van der Waals surface area contributed by atoms with Crippen molar-refractivity contribution >= 4 is 0 Å². The van der Waals surface area contributed by atoms with Crippen LogP contribution in [0.1, 0.15) is 57.8 Å². The summed E-state index contributed by atoms with van der Waals surface area (Å²) in [5.41, 5.74) is 0. The predicted octanol–water partition coefficient (Wildman–Crippen LogP) is 2.57. The molecule has 110 valence electrons. The Labute approximate surface area is 117 Å². The summed E-state index contributed by atoms with van der Waals surface area (Å²) in [7, 11) is 0. The topological polar surface area (TPSA) is 32.7 Å². The van der Waals surface area contributed by atoms with Gasteiger partial charge in [0.2, 0.25) is 0 Å². The molecule has 3 rings (SSSR count). The van der Waals surface area contributed by atoms with Crippen molar-refractivity contribution in [2.45, 2.75) is 76.0 Å². The summed E-state index contributed by atoms with van der Waals surface area (Å²) >= 11 is 0. The summed E-state index contributed by atoms with van der Waals surface area (Å²) in [6, 6.07) is 1.36. The first-order valence-corrected chi connectivity index (χ1v) is 8.38. The van der Waals surface area contributed by atoms with Gasteiger partial charge in [-0.2, -0.15) is 0 Å². The van der Waals surface area contributed by atoms with Gasteiger partial charge in [-0.05, 0) is 45.1 Å². The van der Waals surface area contributed by atoms with Gasteiger partial charge >= 0.3 is 0 Å². The van der Waals surface area contributed by atoms with Crippen LogP contribution in [0.2, 0.25) is 0 Å². The molecular weight excluding hydrogens is 238 g/mol. The number of rotatable bonds is 2. The number of aliphatic hydroxyl groups is 1. The monoisotopic (exact) mass is 267 g/mol. The lowest BCUT2D eigenvalue weighted by Gasteiger charge is -2.48. The average Bonchev–Trinajstić information content (AvgIpc) is 2.49. The van der Waals surface area contributed by atoms with E-state index in [0.717, 1.165) is 19.6 Å². The molecule has 3 fully saturated rings. The van der Waals surface area contributed by atoms with Gasteiger partial charge in [0, 0.05) is 31.2 Å². The fourth-order valence-corrected chi connectivity index (χ4v) is 4.50. The SMILES string of the molecule is OC1CCCCC1C1CCCCN1C1CCOCC1. The van der Waals surface area contributed by atoms with E-state index in [4.69, 9.17) is 4.74 Å². The zero-order valence-corrected chi connectivity index (χ0v) is 12.1. The molecule has 3 aliphatic rings. The zero-order valence-electron chi connectivity index (χ0n) is 12.1. The fraction of sp³-hybridized carbons (Fsp3) is 1.00. The van der Waals surface area contributed by atoms with Crippen molar-refractivity contribution in [2.75, 3.05) is 19.8 Å². The lowest BCUT2D eigenvalue weighted by atomic mass is 9.77. The van der Waals surface area contributed by atoms with Crippen LogP contribution < -0.4 is 0 Å². The Hall–Kier alpha value is -0.120. The minimum atomic E-state index is -0.0424. The molecule has 3 atom stereocenters. The molecule has 19 heavy (non-hydrogen) atoms. The molecule has 1 aliphatic carbocycles. The summed E-state index contributed by atoms with van der Waals surface area (Å²) in [6.07, 6.45) is 11.2. The van der Waals surface area contributed by atoms with E-state index in [-0.39, 0.29) is 6.10 Å². The number of nitrogens with zero attached hydrogens (tertiary/aromatic N) is 1. The van der Waals surface area contributed by atoms with Crippen molar-refractivity contribution in [3.05, 3.63) is 0 Å². The predicted molar refractivity (Wildman–Crippen MR) is 76.2 cm³/mol. The van der Waals surface area contributed by atoms with Crippen LogP contribution in [0.3, 0.4) is 0 Å². The molecule has 0 aromatic rings. The number of aliphatic hydroxyl groups excluding tert-OH is 1. The normalized spacial score (nSPS) is 39.3. The molecule has 3 unspecified atom stereocenters. The van der Waals surface area contributed by atoms with E-state index in [2.05, 4.69) is 4.90 Å². The summed E-state index contributed by atoms with van der Waals surface area (Å²) < 4.78 is 5.52. The van der Waals surface area contributed by atoms with Crippen molar-refractivity contribution in [1.82, 2.24) is 4.90 Å². The lowest BCUT2D eigenvalue weighted by Crippen LogP contribution is -2.54. The van der Waals surface area contributed by atoms with Crippen LogP contribution in [-0.2, 0) is 4.74 Å². The Bertz CT molecular complexity index is 278. The van der Waals surface area contributed by atoms with Crippen molar-refractivity contribution in [1.29, 1.82) is 0 Å². The minimum absolute atomic E-state index is 0.0424. The van der Waals surface area contributed by atoms with Gasteiger partial charge in [0.05, 0.1) is 6.10 Å². The maximum Gasteiger partial charge on any atom is 0.0583 e. The van der Waals surface area contributed by atoms with Gasteiger partial charge in [-0.1, -0.05) is 19.3 Å². The third kappa shape index (κ3) is 3.14. The second-order valence-electron chi connectivity index (χ2n) is 6.66. The van der Waals surface area contributed by atoms with Crippen molar-refractivity contribution < 1.29 is 9.84 Å². The molecule has 0 aromatic heterocycles. The third-order valence-electron chi connectivity index (χ3n) is 5.53. The molecule has 1 saturated carbocycles. The second kappa shape index (κ2) is 6.55. The number of hydrogen-bond acceptors (Lipinski definition) is 3. The molecule has 0 radical (unpaired) electrons. The Morgan fingerprint density at radius 1 is 0.842 bits per heavy atom. The van der Waals surface area contributed by atoms with Gasteiger partial charge in [0.1, 0.15) is 0 Å². The Morgan fingerprint density at radius 3 is 2.37 bits per heavy atom. The first-order chi connectivity index (χ1) is 9.36. The third-order valence-corrected chi connectivity index (χ3v) is 5.53. The molecule has 3 nitrogen and oxygen atoms in total. The number of ether oxygens (including phenoxy) is 1. The molecule has 0 bridgehead atoms. The molecule has 2 saturated heterocycles. The first kappa shape index (κ1) is 13.8. The smallest absolute Gasteiger partial charge is 0.0583 e. The maximum absolute atomic E-state index is 10.4. The Kier molecular flexibility index (Phi) is 4.78. The van der Waals surface area contributed by atoms with Gasteiger partial charge in [-0.15, -0.1) is 0 Å². The molecule has 1 N–H and O–H groups in total. The summed E-state index contributed by atoms with van der Waals surface area (Å²) in [5.74, 6) is 0.539. The number of likely N-dealkylation sites (tertiary alicyclic amines) is 1. The Balaban J connectivity index is 1.68. The Morgan fingerprint density at radius 2 is 1.58 bits per heavy atom. The highest BCUT2D eigenvalue weighted by atomic mass is 16.5. The lowest BCUT2D eigenvalue weighted by molar-refractivity contribution is -0.0468. The number of hydrogen-bond donors (Lipinski definition) is 1. The zero-order chi connectivity index (χ0) is 13.1. The van der Waals surface area contributed by atoms with Crippen LogP contribution in [0, 0.1) is 5.92 Å². The van der Waals surface area contributed by atoms with E-state index in [9.17, 15) is 5.11 Å². The molecular formula is C16H29NO2. The van der Waals surface area contributed by atoms with Crippen molar-refractivity contribution in [2.24, 2.45) is 5.92 Å². The first-order valence-electron chi connectivity index (χ1n) is 8.38. The van der Waals surface area contributed by atoms with Gasteiger partial charge in [0.25, 0.3) is 0 Å². The minimum Gasteiger partial charge on any atom is -0.393 e. The van der Waals surface area contributed by atoms with Crippen LogP contribution in [0.4, 0.5) is 0 Å². The van der Waals surface area contributed by atoms with E-state index in [1.807, 2.05) is 0 Å². The molecule has 2 heterocycles. The second-order valence-corrected chi connectivity index (χ2v) is 6.66. The van der Waals surface area contributed by atoms with Crippen LogP contribution in [0.25, 0.3) is 0 Å². The highest BCUT2D eigenvalue weighted by molar-refractivity contribution is 4.92. The van der Waals surface area contributed by atoms with Crippen molar-refractivity contribution in [3.8, 4) is 0 Å². The maximum atomic E-state index is 10.4. The van der Waals surface area contributed by atoms with E-state index < -0.39 is 0 Å². The molecule has 2 aliphatic heterocycles. The van der Waals surface area contributed by atoms with Crippen LogP contribution in [0.5, 0.6) is 0 Å². The highest BCUT2D eigenvalue weighted by Crippen LogP contribution is 2.36. The van der Waals surface area contributed by atoms with Gasteiger partial charge in [0.15, 0.2) is 0 Å². The molecule has 3 heteroatoms. The van der Waals surface area contributed by atoms with Crippen LogP contribution >= 0.6 is 0 Å². The van der Waals surface area contributed by atoms with Crippen LogP contribution in [0.15, 0.2) is 0 Å². The van der Waals surface area contributed by atoms with Gasteiger partial charge < -0.3 is 9.84 Å². The summed E-state index contributed by atoms with van der Waals surface area (Å²) in [4.78, 5) is 2.76. The van der Waals surface area contributed by atoms with Crippen LogP contribution in [-0.4, -0.2) is 48.0 Å². The van der Waals surface area contributed by atoms with Gasteiger partial charge in [-0.3, -0.25) is 4.90 Å². The molecule has 0 spiro atoms. The van der Waals surface area contributed by atoms with E-state index >= 15 is 0 Å². The average molecular weight is 267 g/mol. The highest BCUT2D eigenvalue weighted by Gasteiger charge is 2.38. The van der Waals surface area contributed by atoms with Gasteiger partial charge in [-0.25, -0.2) is 0 Å². The largest absolute Gasteiger partial charge is 0.393 e. The number of piperidine rings is 1. The standard InChI is InChI=1S/C16H29NO2/c18-16-7-2-1-5-14(16)15-6-3-4-10-17(15)13-8-11-19-12-9-13/h13-16,18H,1-12H2. The van der Waals surface area contributed by atoms with Crippen molar-refractivity contribution in [3.63, 3.8) is 0 Å². The summed E-state index contributed by atoms with van der Waals surface area (Å²) in [6.45, 7) is 3.11. The quantitative estimate of drug-likeness (QED) is 0.834. The fourth-order valence-electron chi connectivity index (χ4n) is 4.50. The molecule has 0 aromatic carbocycles. The summed E-state index contributed by atoms with van der Waals surface area (Å²) in [5, 5.41) is 10.4.